The number of carbonyl (C=O) groups excluding carboxylic acids is 2. The van der Waals surface area contributed by atoms with Gasteiger partial charge in [0.15, 0.2) is 0 Å². The van der Waals surface area contributed by atoms with Gasteiger partial charge < -0.3 is 14.6 Å². The highest BCUT2D eigenvalue weighted by molar-refractivity contribution is 8.01. The number of furan rings is 1. The standard InChI is InChI=1S/C22H24N2O3S2/c1-16-7-9-18(10-8-16)23-21(25)15-29-17(2)22(26)24(13-19-5-3-11-27-19)14-20-6-4-12-28-20/h3-12,17H,13-15H2,1-2H3,(H,23,25). The summed E-state index contributed by atoms with van der Waals surface area (Å²) in [4.78, 5) is 28.2. The van der Waals surface area contributed by atoms with E-state index >= 15 is 0 Å². The second kappa shape index (κ2) is 10.3. The van der Waals surface area contributed by atoms with Crippen LogP contribution in [0.15, 0.2) is 64.6 Å². The van der Waals surface area contributed by atoms with Gasteiger partial charge in [0, 0.05) is 10.6 Å². The zero-order valence-corrected chi connectivity index (χ0v) is 18.1. The van der Waals surface area contributed by atoms with Gasteiger partial charge in [0.1, 0.15) is 5.76 Å². The number of thioether (sulfide) groups is 1. The summed E-state index contributed by atoms with van der Waals surface area (Å²) in [7, 11) is 0. The molecule has 2 amide bonds. The van der Waals surface area contributed by atoms with Gasteiger partial charge in [0.2, 0.25) is 11.8 Å². The largest absolute Gasteiger partial charge is 0.467 e. The Labute approximate surface area is 179 Å². The Bertz CT molecular complexity index is 870. The zero-order valence-electron chi connectivity index (χ0n) is 16.5. The Hall–Kier alpha value is -2.51. The molecule has 1 atom stereocenters. The van der Waals surface area contributed by atoms with Crippen molar-refractivity contribution in [1.29, 1.82) is 0 Å². The lowest BCUT2D eigenvalue weighted by molar-refractivity contribution is -0.131. The van der Waals surface area contributed by atoms with E-state index in [0.29, 0.717) is 13.1 Å². The molecule has 152 valence electrons. The molecule has 2 heterocycles. The molecule has 1 aromatic carbocycles. The Morgan fingerprint density at radius 2 is 1.93 bits per heavy atom. The van der Waals surface area contributed by atoms with Crippen LogP contribution in [0.25, 0.3) is 0 Å². The smallest absolute Gasteiger partial charge is 0.236 e. The highest BCUT2D eigenvalue weighted by atomic mass is 32.2. The third kappa shape index (κ3) is 6.51. The molecule has 7 heteroatoms. The van der Waals surface area contributed by atoms with Crippen LogP contribution in [0.5, 0.6) is 0 Å². The number of anilines is 1. The second-order valence-corrected chi connectivity index (χ2v) is 9.08. The molecule has 0 fully saturated rings. The molecule has 29 heavy (non-hydrogen) atoms. The van der Waals surface area contributed by atoms with Crippen molar-refractivity contribution in [2.45, 2.75) is 32.2 Å². The van der Waals surface area contributed by atoms with E-state index in [2.05, 4.69) is 5.32 Å². The lowest BCUT2D eigenvalue weighted by Crippen LogP contribution is -2.36. The van der Waals surface area contributed by atoms with Crippen LogP contribution in [0.3, 0.4) is 0 Å². The molecule has 3 aromatic rings. The third-order valence-corrected chi connectivity index (χ3v) is 6.30. The number of hydrogen-bond acceptors (Lipinski definition) is 5. The monoisotopic (exact) mass is 428 g/mol. The number of thiophene rings is 1. The average Bonchev–Trinajstić information content (AvgIpc) is 3.41. The number of nitrogens with zero attached hydrogens (tertiary/aromatic N) is 1. The van der Waals surface area contributed by atoms with Gasteiger partial charge in [-0.1, -0.05) is 23.8 Å². The summed E-state index contributed by atoms with van der Waals surface area (Å²) in [6.07, 6.45) is 1.61. The average molecular weight is 429 g/mol. The first-order valence-corrected chi connectivity index (χ1v) is 11.3. The molecule has 0 saturated carbocycles. The van der Waals surface area contributed by atoms with Gasteiger partial charge in [0.25, 0.3) is 0 Å². The number of aryl methyl sites for hydroxylation is 1. The van der Waals surface area contributed by atoms with Gasteiger partial charge in [-0.3, -0.25) is 9.59 Å². The van der Waals surface area contributed by atoms with E-state index in [1.807, 2.05) is 67.8 Å². The van der Waals surface area contributed by atoms with Gasteiger partial charge >= 0.3 is 0 Å². The number of nitrogens with one attached hydrogen (secondary N) is 1. The fourth-order valence-electron chi connectivity index (χ4n) is 2.76. The summed E-state index contributed by atoms with van der Waals surface area (Å²) < 4.78 is 5.42. The molecule has 0 aliphatic rings. The minimum Gasteiger partial charge on any atom is -0.467 e. The predicted molar refractivity (Wildman–Crippen MR) is 119 cm³/mol. The van der Waals surface area contributed by atoms with Crippen LogP contribution in [0, 0.1) is 6.92 Å². The van der Waals surface area contributed by atoms with Crippen molar-refractivity contribution in [3.8, 4) is 0 Å². The summed E-state index contributed by atoms with van der Waals surface area (Å²) in [5.74, 6) is 0.829. The zero-order chi connectivity index (χ0) is 20.6. The first-order chi connectivity index (χ1) is 14.0. The first kappa shape index (κ1) is 21.2. The number of carbonyl (C=O) groups is 2. The fourth-order valence-corrected chi connectivity index (χ4v) is 4.24. The molecular weight excluding hydrogens is 404 g/mol. The molecule has 0 radical (unpaired) electrons. The number of rotatable bonds is 9. The van der Waals surface area contributed by atoms with Crippen molar-refractivity contribution in [3.05, 3.63) is 76.4 Å². The summed E-state index contributed by atoms with van der Waals surface area (Å²) in [5.41, 5.74) is 1.90. The van der Waals surface area contributed by atoms with Crippen molar-refractivity contribution < 1.29 is 14.0 Å². The normalized spacial score (nSPS) is 11.8. The molecule has 0 aliphatic carbocycles. The van der Waals surface area contributed by atoms with Crippen LogP contribution in [0.1, 0.15) is 23.1 Å². The van der Waals surface area contributed by atoms with Gasteiger partial charge in [0.05, 0.1) is 30.4 Å². The molecular formula is C22H24N2O3S2. The molecule has 0 saturated heterocycles. The van der Waals surface area contributed by atoms with Gasteiger partial charge in [-0.05, 0) is 49.6 Å². The lowest BCUT2D eigenvalue weighted by Gasteiger charge is -2.24. The van der Waals surface area contributed by atoms with Crippen molar-refractivity contribution in [2.75, 3.05) is 11.1 Å². The maximum atomic E-state index is 13.0. The van der Waals surface area contributed by atoms with Crippen molar-refractivity contribution in [2.24, 2.45) is 0 Å². The first-order valence-electron chi connectivity index (χ1n) is 9.33. The summed E-state index contributed by atoms with van der Waals surface area (Å²) >= 11 is 2.96. The Kier molecular flexibility index (Phi) is 7.55. The second-order valence-electron chi connectivity index (χ2n) is 6.72. The SMILES string of the molecule is Cc1ccc(NC(=O)CSC(C)C(=O)N(Cc2ccco2)Cc2cccs2)cc1. The van der Waals surface area contributed by atoms with Gasteiger partial charge in [-0.15, -0.1) is 23.1 Å². The molecule has 2 aromatic heterocycles. The highest BCUT2D eigenvalue weighted by Gasteiger charge is 2.23. The van der Waals surface area contributed by atoms with Crippen molar-refractivity contribution >= 4 is 40.6 Å². The van der Waals surface area contributed by atoms with Crippen LogP contribution in [-0.4, -0.2) is 27.7 Å². The van der Waals surface area contributed by atoms with Gasteiger partial charge in [-0.2, -0.15) is 0 Å². The molecule has 3 rings (SSSR count). The molecule has 5 nitrogen and oxygen atoms in total. The van der Waals surface area contributed by atoms with E-state index in [9.17, 15) is 9.59 Å². The van der Waals surface area contributed by atoms with E-state index in [4.69, 9.17) is 4.42 Å². The lowest BCUT2D eigenvalue weighted by atomic mass is 10.2. The molecule has 0 bridgehead atoms. The summed E-state index contributed by atoms with van der Waals surface area (Å²) in [6, 6.07) is 15.3. The van der Waals surface area contributed by atoms with Gasteiger partial charge in [-0.25, -0.2) is 0 Å². The van der Waals surface area contributed by atoms with E-state index < -0.39 is 0 Å². The van der Waals surface area contributed by atoms with E-state index in [0.717, 1.165) is 21.9 Å². The molecule has 0 aliphatic heterocycles. The topological polar surface area (TPSA) is 62.6 Å². The maximum Gasteiger partial charge on any atom is 0.236 e. The Morgan fingerprint density at radius 1 is 1.14 bits per heavy atom. The number of benzene rings is 1. The van der Waals surface area contributed by atoms with Crippen LogP contribution >= 0.6 is 23.1 Å². The predicted octanol–water partition coefficient (Wildman–Crippen LogP) is 4.94. The Morgan fingerprint density at radius 3 is 2.59 bits per heavy atom. The minimum atomic E-state index is -0.339. The van der Waals surface area contributed by atoms with Crippen LogP contribution in [-0.2, 0) is 22.7 Å². The van der Waals surface area contributed by atoms with E-state index in [-0.39, 0.29) is 22.8 Å². The van der Waals surface area contributed by atoms with E-state index in [1.165, 1.54) is 11.8 Å². The number of hydrogen-bond donors (Lipinski definition) is 1. The fraction of sp³-hybridized carbons (Fsp3) is 0.273. The molecule has 1 unspecified atom stereocenters. The minimum absolute atomic E-state index is 0.0112. The van der Waals surface area contributed by atoms with Crippen LogP contribution in [0.4, 0.5) is 5.69 Å². The molecule has 0 spiro atoms. The van der Waals surface area contributed by atoms with Crippen LogP contribution < -0.4 is 5.32 Å². The Balaban J connectivity index is 1.56. The third-order valence-electron chi connectivity index (χ3n) is 4.31. The van der Waals surface area contributed by atoms with Crippen molar-refractivity contribution in [3.63, 3.8) is 0 Å². The van der Waals surface area contributed by atoms with Crippen molar-refractivity contribution in [1.82, 2.24) is 4.90 Å². The number of amides is 2. The maximum absolute atomic E-state index is 13.0. The summed E-state index contributed by atoms with van der Waals surface area (Å²) in [6.45, 7) is 4.77. The summed E-state index contributed by atoms with van der Waals surface area (Å²) in [5, 5.41) is 4.53. The van der Waals surface area contributed by atoms with Crippen LogP contribution in [0.2, 0.25) is 0 Å². The molecule has 1 N–H and O–H groups in total. The quantitative estimate of drug-likeness (QED) is 0.524. The van der Waals surface area contributed by atoms with E-state index in [1.54, 1.807) is 22.5 Å². The highest BCUT2D eigenvalue weighted by Crippen LogP contribution is 2.20.